The van der Waals surface area contributed by atoms with E-state index in [0.717, 1.165) is 36.1 Å². The first-order valence-corrected chi connectivity index (χ1v) is 8.45. The molecule has 2 aromatic carbocycles. The van der Waals surface area contributed by atoms with E-state index in [-0.39, 0.29) is 11.8 Å². The van der Waals surface area contributed by atoms with Gasteiger partial charge < -0.3 is 0 Å². The van der Waals surface area contributed by atoms with Gasteiger partial charge in [0.2, 0.25) is 0 Å². The fourth-order valence-corrected chi connectivity index (χ4v) is 3.69. The van der Waals surface area contributed by atoms with E-state index in [9.17, 15) is 9.59 Å². The molecule has 120 valence electrons. The third-order valence-corrected chi connectivity index (χ3v) is 4.89. The maximum absolute atomic E-state index is 12.9. The Bertz CT molecular complexity index is 844. The highest BCUT2D eigenvalue weighted by Gasteiger charge is 2.38. The number of carbonyl (C=O) groups excluding carboxylic acids is 2. The lowest BCUT2D eigenvalue weighted by Gasteiger charge is -2.23. The summed E-state index contributed by atoms with van der Waals surface area (Å²) in [5.41, 5.74) is 4.95. The van der Waals surface area contributed by atoms with Gasteiger partial charge in [0.05, 0.1) is 16.8 Å². The average Bonchev–Trinajstić information content (AvgIpc) is 2.87. The lowest BCUT2D eigenvalue weighted by atomic mass is 9.91. The molecule has 0 fully saturated rings. The van der Waals surface area contributed by atoms with E-state index in [4.69, 9.17) is 0 Å². The van der Waals surface area contributed by atoms with Crippen molar-refractivity contribution in [3.05, 3.63) is 70.8 Å². The number of imide groups is 1. The second-order valence-electron chi connectivity index (χ2n) is 6.44. The first kappa shape index (κ1) is 14.9. The van der Waals surface area contributed by atoms with Crippen molar-refractivity contribution >= 4 is 23.1 Å². The first-order chi connectivity index (χ1) is 11.7. The molecule has 0 atom stereocenters. The van der Waals surface area contributed by atoms with E-state index < -0.39 is 0 Å². The Morgan fingerprint density at radius 3 is 2.12 bits per heavy atom. The van der Waals surface area contributed by atoms with Crippen LogP contribution >= 0.6 is 0 Å². The molecule has 2 aromatic rings. The average molecular weight is 317 g/mol. The molecule has 0 saturated carbocycles. The van der Waals surface area contributed by atoms with Gasteiger partial charge in [-0.2, -0.15) is 0 Å². The number of carbonyl (C=O) groups is 2. The Balaban J connectivity index is 1.88. The summed E-state index contributed by atoms with van der Waals surface area (Å²) >= 11 is 0. The maximum atomic E-state index is 12.9. The normalized spacial score (nSPS) is 17.0. The number of hydrogen-bond donors (Lipinski definition) is 0. The van der Waals surface area contributed by atoms with E-state index in [0.29, 0.717) is 11.1 Å². The van der Waals surface area contributed by atoms with Crippen LogP contribution in [0.5, 0.6) is 0 Å². The predicted octanol–water partition coefficient (Wildman–Crippen LogP) is 4.75. The Morgan fingerprint density at radius 2 is 1.50 bits per heavy atom. The summed E-state index contributed by atoms with van der Waals surface area (Å²) in [5, 5.41) is 0. The van der Waals surface area contributed by atoms with Crippen LogP contribution in [0.25, 0.3) is 5.57 Å². The summed E-state index contributed by atoms with van der Waals surface area (Å²) in [6.07, 6.45) is 6.67. The van der Waals surface area contributed by atoms with Crippen molar-refractivity contribution in [1.29, 1.82) is 0 Å². The second kappa shape index (κ2) is 5.75. The summed E-state index contributed by atoms with van der Waals surface area (Å²) in [6.45, 7) is 1.96. The van der Waals surface area contributed by atoms with Gasteiger partial charge in [0.25, 0.3) is 11.8 Å². The fourth-order valence-electron chi connectivity index (χ4n) is 3.69. The van der Waals surface area contributed by atoms with Gasteiger partial charge in [0.1, 0.15) is 0 Å². The Labute approximate surface area is 141 Å². The lowest BCUT2D eigenvalue weighted by Crippen LogP contribution is -2.31. The number of aryl methyl sites for hydroxylation is 1. The van der Waals surface area contributed by atoms with Crippen molar-refractivity contribution in [2.24, 2.45) is 0 Å². The number of allylic oxidation sites excluding steroid dienone is 2. The van der Waals surface area contributed by atoms with Gasteiger partial charge in [-0.3, -0.25) is 9.59 Å². The van der Waals surface area contributed by atoms with Gasteiger partial charge in [0.15, 0.2) is 0 Å². The van der Waals surface area contributed by atoms with Crippen LogP contribution in [0.2, 0.25) is 0 Å². The van der Waals surface area contributed by atoms with Crippen molar-refractivity contribution < 1.29 is 9.59 Å². The molecule has 0 spiro atoms. The number of hydrogen-bond acceptors (Lipinski definition) is 2. The van der Waals surface area contributed by atoms with Gasteiger partial charge in [0, 0.05) is 5.56 Å². The first-order valence-electron chi connectivity index (χ1n) is 8.45. The highest BCUT2D eigenvalue weighted by Crippen LogP contribution is 2.39. The number of nitrogens with zero attached hydrogens (tertiary/aromatic N) is 1. The molecule has 0 aromatic heterocycles. The predicted molar refractivity (Wildman–Crippen MR) is 95.2 cm³/mol. The molecule has 0 N–H and O–H groups in total. The molecule has 1 heterocycles. The Kier molecular flexibility index (Phi) is 3.57. The summed E-state index contributed by atoms with van der Waals surface area (Å²) in [5.74, 6) is -0.440. The molecule has 3 heteroatoms. The molecule has 4 rings (SSSR count). The van der Waals surface area contributed by atoms with Gasteiger partial charge in [-0.1, -0.05) is 36.4 Å². The van der Waals surface area contributed by atoms with Crippen molar-refractivity contribution in [3.63, 3.8) is 0 Å². The molecule has 24 heavy (non-hydrogen) atoms. The third kappa shape index (κ3) is 2.20. The van der Waals surface area contributed by atoms with E-state index in [2.05, 4.69) is 6.08 Å². The molecule has 1 aliphatic carbocycles. The number of anilines is 1. The van der Waals surface area contributed by atoms with E-state index in [1.807, 2.05) is 25.1 Å². The monoisotopic (exact) mass is 317 g/mol. The maximum Gasteiger partial charge on any atom is 0.266 e. The molecule has 0 saturated heterocycles. The van der Waals surface area contributed by atoms with E-state index >= 15 is 0 Å². The summed E-state index contributed by atoms with van der Waals surface area (Å²) < 4.78 is 0. The van der Waals surface area contributed by atoms with Crippen LogP contribution < -0.4 is 4.90 Å². The van der Waals surface area contributed by atoms with Crippen LogP contribution in [-0.2, 0) is 0 Å². The van der Waals surface area contributed by atoms with Gasteiger partial charge >= 0.3 is 0 Å². The van der Waals surface area contributed by atoms with Crippen molar-refractivity contribution in [1.82, 2.24) is 0 Å². The quantitative estimate of drug-likeness (QED) is 0.749. The van der Waals surface area contributed by atoms with Crippen LogP contribution in [0.15, 0.2) is 48.5 Å². The molecule has 2 aliphatic rings. The number of amides is 2. The van der Waals surface area contributed by atoms with Gasteiger partial charge in [-0.25, -0.2) is 4.90 Å². The van der Waals surface area contributed by atoms with E-state index in [1.54, 1.807) is 24.3 Å². The minimum absolute atomic E-state index is 0.220. The molecule has 0 unspecified atom stereocenters. The summed E-state index contributed by atoms with van der Waals surface area (Å²) in [6, 6.07) is 13.1. The molecular weight excluding hydrogens is 298 g/mol. The van der Waals surface area contributed by atoms with Gasteiger partial charge in [-0.15, -0.1) is 0 Å². The van der Waals surface area contributed by atoms with Crippen LogP contribution in [-0.4, -0.2) is 11.8 Å². The van der Waals surface area contributed by atoms with Crippen molar-refractivity contribution in [2.75, 3.05) is 4.90 Å². The highest BCUT2D eigenvalue weighted by molar-refractivity contribution is 6.35. The molecule has 3 nitrogen and oxygen atoms in total. The molecule has 1 aliphatic heterocycles. The zero-order valence-corrected chi connectivity index (χ0v) is 13.7. The van der Waals surface area contributed by atoms with Crippen LogP contribution in [0.3, 0.4) is 0 Å². The Morgan fingerprint density at radius 1 is 0.833 bits per heavy atom. The molecule has 0 bridgehead atoms. The zero-order valence-electron chi connectivity index (χ0n) is 13.7. The number of benzene rings is 2. The fraction of sp³-hybridized carbons (Fsp3) is 0.238. The van der Waals surface area contributed by atoms with E-state index in [1.165, 1.54) is 16.9 Å². The zero-order chi connectivity index (χ0) is 16.7. The molecule has 2 amide bonds. The minimum Gasteiger partial charge on any atom is -0.268 e. The van der Waals surface area contributed by atoms with Crippen molar-refractivity contribution in [2.45, 2.75) is 32.6 Å². The second-order valence-corrected chi connectivity index (χ2v) is 6.44. The third-order valence-electron chi connectivity index (χ3n) is 4.89. The SMILES string of the molecule is Cc1cccc(C2=CCCCC2)c1N1C(=O)c2ccccc2C1=O. The van der Waals surface area contributed by atoms with Gasteiger partial charge in [-0.05, 0) is 55.9 Å². The largest absolute Gasteiger partial charge is 0.268 e. The molecular formula is C21H19NO2. The number of para-hydroxylation sites is 1. The summed E-state index contributed by atoms with van der Waals surface area (Å²) in [7, 11) is 0. The highest BCUT2D eigenvalue weighted by atomic mass is 16.2. The number of rotatable bonds is 2. The molecule has 0 radical (unpaired) electrons. The van der Waals surface area contributed by atoms with Crippen molar-refractivity contribution in [3.8, 4) is 0 Å². The van der Waals surface area contributed by atoms with Crippen LogP contribution in [0.1, 0.15) is 57.5 Å². The lowest BCUT2D eigenvalue weighted by molar-refractivity contribution is 0.0926. The van der Waals surface area contributed by atoms with Crippen LogP contribution in [0.4, 0.5) is 5.69 Å². The minimum atomic E-state index is -0.220. The number of fused-ring (bicyclic) bond motifs is 1. The smallest absolute Gasteiger partial charge is 0.266 e. The summed E-state index contributed by atoms with van der Waals surface area (Å²) in [4.78, 5) is 27.1. The standard InChI is InChI=1S/C21H19NO2/c1-14-8-7-13-16(15-9-3-2-4-10-15)19(14)22-20(23)17-11-5-6-12-18(17)21(22)24/h5-9,11-13H,2-4,10H2,1H3. The Hall–Kier alpha value is -2.68. The van der Waals surface area contributed by atoms with Crippen LogP contribution in [0, 0.1) is 6.92 Å². The topological polar surface area (TPSA) is 37.4 Å².